The molecule has 118 valence electrons. The molecule has 0 aromatic carbocycles. The average molecular weight is 314 g/mol. The number of carbonyl (C=O) groups is 1. The third-order valence-electron chi connectivity index (χ3n) is 3.44. The quantitative estimate of drug-likeness (QED) is 0.865. The number of hydrogen-bond donors (Lipinski definition) is 1. The van der Waals surface area contributed by atoms with Crippen molar-refractivity contribution in [1.82, 2.24) is 19.2 Å². The number of sulfonamides is 1. The topological polar surface area (TPSA) is 84.3 Å². The molecule has 2 heterocycles. The Labute approximate surface area is 125 Å². The van der Waals surface area contributed by atoms with Crippen LogP contribution in [0, 0.1) is 0 Å². The SMILES string of the molecule is CC(C)NC(=O)Cc1cn2c(n1)C(C)N(S(C)(=O)=O)CC2. The zero-order valence-electron chi connectivity index (χ0n) is 12.8. The standard InChI is InChI=1S/C13H22N4O3S/c1-9(2)14-12(18)7-11-8-16-5-6-17(21(4,19)20)10(3)13(16)15-11/h8-10H,5-7H2,1-4H3,(H,14,18). The van der Waals surface area contributed by atoms with Crippen LogP contribution in [0.3, 0.4) is 0 Å². The van der Waals surface area contributed by atoms with E-state index >= 15 is 0 Å². The van der Waals surface area contributed by atoms with Crippen LogP contribution in [0.15, 0.2) is 6.20 Å². The predicted molar refractivity (Wildman–Crippen MR) is 79.2 cm³/mol. The summed E-state index contributed by atoms with van der Waals surface area (Å²) in [5.41, 5.74) is 0.672. The highest BCUT2D eigenvalue weighted by molar-refractivity contribution is 7.88. The van der Waals surface area contributed by atoms with E-state index in [-0.39, 0.29) is 24.4 Å². The van der Waals surface area contributed by atoms with Crippen LogP contribution in [-0.4, -0.2) is 47.0 Å². The Morgan fingerprint density at radius 2 is 2.14 bits per heavy atom. The van der Waals surface area contributed by atoms with Gasteiger partial charge in [0.1, 0.15) is 5.82 Å². The van der Waals surface area contributed by atoms with Gasteiger partial charge in [-0.15, -0.1) is 0 Å². The highest BCUT2D eigenvalue weighted by atomic mass is 32.2. The lowest BCUT2D eigenvalue weighted by Gasteiger charge is -2.31. The van der Waals surface area contributed by atoms with Gasteiger partial charge in [0.15, 0.2) is 0 Å². The van der Waals surface area contributed by atoms with E-state index in [2.05, 4.69) is 10.3 Å². The van der Waals surface area contributed by atoms with E-state index in [9.17, 15) is 13.2 Å². The highest BCUT2D eigenvalue weighted by Gasteiger charge is 2.32. The van der Waals surface area contributed by atoms with E-state index in [1.54, 1.807) is 0 Å². The van der Waals surface area contributed by atoms with E-state index in [0.29, 0.717) is 24.6 Å². The highest BCUT2D eigenvalue weighted by Crippen LogP contribution is 2.26. The molecule has 1 unspecified atom stereocenters. The molecule has 1 aliphatic rings. The molecular weight excluding hydrogens is 292 g/mol. The van der Waals surface area contributed by atoms with Gasteiger partial charge in [-0.05, 0) is 20.8 Å². The molecule has 1 aromatic heterocycles. The second kappa shape index (κ2) is 5.76. The molecule has 0 saturated carbocycles. The minimum atomic E-state index is -3.25. The van der Waals surface area contributed by atoms with E-state index in [1.165, 1.54) is 10.6 Å². The number of imidazole rings is 1. The smallest absolute Gasteiger partial charge is 0.226 e. The summed E-state index contributed by atoms with van der Waals surface area (Å²) >= 11 is 0. The van der Waals surface area contributed by atoms with Crippen LogP contribution in [0.1, 0.15) is 38.3 Å². The number of nitrogens with zero attached hydrogens (tertiary/aromatic N) is 3. The molecule has 0 saturated heterocycles. The summed E-state index contributed by atoms with van der Waals surface area (Å²) in [5.74, 6) is 0.618. The molecule has 1 amide bonds. The van der Waals surface area contributed by atoms with E-state index in [0.717, 1.165) is 0 Å². The summed E-state index contributed by atoms with van der Waals surface area (Å²) in [5, 5.41) is 2.82. The van der Waals surface area contributed by atoms with Crippen molar-refractivity contribution in [2.24, 2.45) is 0 Å². The zero-order chi connectivity index (χ0) is 15.8. The minimum absolute atomic E-state index is 0.0759. The average Bonchev–Trinajstić information content (AvgIpc) is 2.69. The van der Waals surface area contributed by atoms with Crippen molar-refractivity contribution in [2.45, 2.75) is 45.8 Å². The fourth-order valence-electron chi connectivity index (χ4n) is 2.60. The Bertz CT molecular complexity index is 636. The van der Waals surface area contributed by atoms with Gasteiger partial charge in [0, 0.05) is 25.3 Å². The Morgan fingerprint density at radius 3 is 2.71 bits per heavy atom. The summed E-state index contributed by atoms with van der Waals surface area (Å²) in [6.45, 7) is 6.62. The molecule has 0 radical (unpaired) electrons. The van der Waals surface area contributed by atoms with Crippen LogP contribution in [0.5, 0.6) is 0 Å². The van der Waals surface area contributed by atoms with Gasteiger partial charge in [0.25, 0.3) is 0 Å². The normalized spacial score (nSPS) is 19.6. The van der Waals surface area contributed by atoms with Crippen molar-refractivity contribution in [3.63, 3.8) is 0 Å². The minimum Gasteiger partial charge on any atom is -0.354 e. The van der Waals surface area contributed by atoms with E-state index in [1.807, 2.05) is 31.5 Å². The summed E-state index contributed by atoms with van der Waals surface area (Å²) < 4.78 is 26.8. The zero-order valence-corrected chi connectivity index (χ0v) is 13.6. The van der Waals surface area contributed by atoms with Crippen molar-refractivity contribution in [2.75, 3.05) is 12.8 Å². The summed E-state index contributed by atoms with van der Waals surface area (Å²) in [6.07, 6.45) is 3.26. The van der Waals surface area contributed by atoms with Crippen molar-refractivity contribution >= 4 is 15.9 Å². The summed E-state index contributed by atoms with van der Waals surface area (Å²) in [6, 6.07) is -0.218. The first-order chi connectivity index (χ1) is 9.68. The van der Waals surface area contributed by atoms with Gasteiger partial charge >= 0.3 is 0 Å². The third kappa shape index (κ3) is 3.62. The first-order valence-electron chi connectivity index (χ1n) is 7.00. The van der Waals surface area contributed by atoms with Gasteiger partial charge in [-0.3, -0.25) is 4.79 Å². The molecule has 8 heteroatoms. The van der Waals surface area contributed by atoms with Gasteiger partial charge < -0.3 is 9.88 Å². The Hall–Kier alpha value is -1.41. The van der Waals surface area contributed by atoms with E-state index in [4.69, 9.17) is 0 Å². The summed E-state index contributed by atoms with van der Waals surface area (Å²) in [7, 11) is -3.25. The second-order valence-corrected chi connectivity index (χ2v) is 7.67. The molecule has 0 bridgehead atoms. The molecule has 1 aliphatic heterocycles. The van der Waals surface area contributed by atoms with Gasteiger partial charge in [0.05, 0.1) is 24.4 Å². The van der Waals surface area contributed by atoms with Crippen molar-refractivity contribution in [3.05, 3.63) is 17.7 Å². The molecule has 1 aromatic rings. The Balaban J connectivity index is 2.17. The fraction of sp³-hybridized carbons (Fsp3) is 0.692. The third-order valence-corrected chi connectivity index (χ3v) is 4.79. The summed E-state index contributed by atoms with van der Waals surface area (Å²) in [4.78, 5) is 16.2. The molecule has 7 nitrogen and oxygen atoms in total. The molecule has 0 fully saturated rings. The van der Waals surface area contributed by atoms with Gasteiger partial charge in [0.2, 0.25) is 15.9 Å². The van der Waals surface area contributed by atoms with Crippen LogP contribution in [0.4, 0.5) is 0 Å². The van der Waals surface area contributed by atoms with Crippen LogP contribution < -0.4 is 5.32 Å². The second-order valence-electron chi connectivity index (χ2n) is 5.73. The van der Waals surface area contributed by atoms with Crippen molar-refractivity contribution < 1.29 is 13.2 Å². The lowest BCUT2D eigenvalue weighted by Crippen LogP contribution is -2.40. The lowest BCUT2D eigenvalue weighted by molar-refractivity contribution is -0.120. The van der Waals surface area contributed by atoms with Gasteiger partial charge in [-0.2, -0.15) is 4.31 Å². The molecule has 0 spiro atoms. The molecule has 21 heavy (non-hydrogen) atoms. The predicted octanol–water partition coefficient (Wildman–Crippen LogP) is 0.286. The van der Waals surface area contributed by atoms with Crippen LogP contribution >= 0.6 is 0 Å². The number of amides is 1. The maximum atomic E-state index is 11.8. The van der Waals surface area contributed by atoms with Crippen molar-refractivity contribution in [1.29, 1.82) is 0 Å². The maximum absolute atomic E-state index is 11.8. The first kappa shape index (κ1) is 16.0. The monoisotopic (exact) mass is 314 g/mol. The van der Waals surface area contributed by atoms with Crippen molar-refractivity contribution in [3.8, 4) is 0 Å². The lowest BCUT2D eigenvalue weighted by atomic mass is 10.2. The number of carbonyl (C=O) groups excluding carboxylic acids is 1. The Morgan fingerprint density at radius 1 is 1.48 bits per heavy atom. The van der Waals surface area contributed by atoms with Gasteiger partial charge in [-0.1, -0.05) is 0 Å². The number of hydrogen-bond acceptors (Lipinski definition) is 4. The molecule has 1 atom stereocenters. The van der Waals surface area contributed by atoms with Crippen LogP contribution in [0.25, 0.3) is 0 Å². The number of fused-ring (bicyclic) bond motifs is 1. The number of rotatable bonds is 4. The molecule has 1 N–H and O–H groups in total. The number of nitrogens with one attached hydrogen (secondary N) is 1. The molecule has 2 rings (SSSR count). The molecule has 0 aliphatic carbocycles. The van der Waals surface area contributed by atoms with Crippen LogP contribution in [0.2, 0.25) is 0 Å². The van der Waals surface area contributed by atoms with Gasteiger partial charge in [-0.25, -0.2) is 13.4 Å². The largest absolute Gasteiger partial charge is 0.354 e. The maximum Gasteiger partial charge on any atom is 0.226 e. The molecular formula is C13H22N4O3S. The number of aromatic nitrogens is 2. The Kier molecular flexibility index (Phi) is 4.38. The first-order valence-corrected chi connectivity index (χ1v) is 8.85. The van der Waals surface area contributed by atoms with E-state index < -0.39 is 10.0 Å². The van der Waals surface area contributed by atoms with Crippen LogP contribution in [-0.2, 0) is 27.8 Å². The fourth-order valence-corrected chi connectivity index (χ4v) is 3.69.